The molecule has 0 bridgehead atoms. The molecule has 2 nitrogen and oxygen atoms in total. The number of hydrogen-bond donors (Lipinski definition) is 0. The molecule has 1 aliphatic rings. The molecule has 14 heavy (non-hydrogen) atoms. The van der Waals surface area contributed by atoms with E-state index in [0.29, 0.717) is 12.5 Å². The van der Waals surface area contributed by atoms with Crippen LogP contribution in [0.25, 0.3) is 0 Å². The lowest BCUT2D eigenvalue weighted by Crippen LogP contribution is -2.39. The van der Waals surface area contributed by atoms with Gasteiger partial charge in [0.15, 0.2) is 0 Å². The fourth-order valence-corrected chi connectivity index (χ4v) is 2.17. The van der Waals surface area contributed by atoms with Crippen LogP contribution in [0, 0.1) is 11.3 Å². The minimum absolute atomic E-state index is 0.692. The molecular weight excluding hydrogens is 172 g/mol. The molecule has 1 rings (SSSR count). The molecule has 1 heterocycles. The summed E-state index contributed by atoms with van der Waals surface area (Å²) in [5.41, 5.74) is 0. The lowest BCUT2D eigenvalue weighted by molar-refractivity contribution is 0.148. The van der Waals surface area contributed by atoms with Crippen LogP contribution in [-0.4, -0.2) is 24.0 Å². The Kier molecular flexibility index (Phi) is 5.32. The van der Waals surface area contributed by atoms with E-state index in [1.54, 1.807) is 0 Å². The molecule has 0 amide bonds. The predicted molar refractivity (Wildman–Crippen MR) is 58.9 cm³/mol. The standard InChI is InChI=1S/C12H20N2/c1-2-7-12-8-3-5-10-14(12)11-6-4-9-13/h2,12H,1,3-8,10-11H2. The van der Waals surface area contributed by atoms with Gasteiger partial charge in [-0.05, 0) is 38.8 Å². The summed E-state index contributed by atoms with van der Waals surface area (Å²) in [4.78, 5) is 2.53. The third-order valence-corrected chi connectivity index (χ3v) is 2.92. The first-order chi connectivity index (χ1) is 6.88. The smallest absolute Gasteiger partial charge is 0.0622 e. The van der Waals surface area contributed by atoms with E-state index in [0.717, 1.165) is 19.4 Å². The molecule has 0 aromatic carbocycles. The molecule has 2 heteroatoms. The summed E-state index contributed by atoms with van der Waals surface area (Å²) in [5, 5.41) is 8.48. The van der Waals surface area contributed by atoms with Gasteiger partial charge in [-0.25, -0.2) is 0 Å². The average Bonchev–Trinajstić information content (AvgIpc) is 2.21. The fourth-order valence-electron chi connectivity index (χ4n) is 2.17. The first-order valence-electron chi connectivity index (χ1n) is 5.60. The van der Waals surface area contributed by atoms with Crippen molar-refractivity contribution in [2.24, 2.45) is 0 Å². The quantitative estimate of drug-likeness (QED) is 0.494. The second-order valence-corrected chi connectivity index (χ2v) is 3.97. The Morgan fingerprint density at radius 2 is 2.36 bits per heavy atom. The zero-order chi connectivity index (χ0) is 10.2. The highest BCUT2D eigenvalue weighted by Gasteiger charge is 2.20. The molecule has 0 saturated carbocycles. The van der Waals surface area contributed by atoms with Gasteiger partial charge in [0, 0.05) is 12.5 Å². The van der Waals surface area contributed by atoms with Crippen LogP contribution >= 0.6 is 0 Å². The number of nitrogens with zero attached hydrogens (tertiary/aromatic N) is 2. The molecule has 1 atom stereocenters. The zero-order valence-corrected chi connectivity index (χ0v) is 8.91. The molecule has 1 unspecified atom stereocenters. The van der Waals surface area contributed by atoms with Gasteiger partial charge >= 0.3 is 0 Å². The van der Waals surface area contributed by atoms with E-state index in [1.807, 2.05) is 6.08 Å². The van der Waals surface area contributed by atoms with Crippen LogP contribution in [0.15, 0.2) is 12.7 Å². The first kappa shape index (κ1) is 11.3. The summed E-state index contributed by atoms with van der Waals surface area (Å²) in [6.45, 7) is 6.11. The van der Waals surface area contributed by atoms with Crippen molar-refractivity contribution in [3.05, 3.63) is 12.7 Å². The number of nitriles is 1. The molecule has 1 aliphatic heterocycles. The van der Waals surface area contributed by atoms with Crippen LogP contribution in [0.5, 0.6) is 0 Å². The molecular formula is C12H20N2. The van der Waals surface area contributed by atoms with Gasteiger partial charge in [-0.15, -0.1) is 6.58 Å². The summed E-state index contributed by atoms with van der Waals surface area (Å²) in [6.07, 6.45) is 8.81. The summed E-state index contributed by atoms with van der Waals surface area (Å²) >= 11 is 0. The van der Waals surface area contributed by atoms with Crippen molar-refractivity contribution in [2.45, 2.75) is 44.6 Å². The summed E-state index contributed by atoms with van der Waals surface area (Å²) in [6, 6.07) is 2.90. The van der Waals surface area contributed by atoms with E-state index in [9.17, 15) is 0 Å². The van der Waals surface area contributed by atoms with Crippen molar-refractivity contribution < 1.29 is 0 Å². The zero-order valence-electron chi connectivity index (χ0n) is 8.91. The second kappa shape index (κ2) is 6.62. The highest BCUT2D eigenvalue weighted by Crippen LogP contribution is 2.20. The fraction of sp³-hybridized carbons (Fsp3) is 0.750. The third kappa shape index (κ3) is 3.51. The lowest BCUT2D eigenvalue weighted by atomic mass is 9.99. The summed E-state index contributed by atoms with van der Waals surface area (Å²) < 4.78 is 0. The maximum Gasteiger partial charge on any atom is 0.0622 e. The molecule has 0 aromatic rings. The van der Waals surface area contributed by atoms with Gasteiger partial charge < -0.3 is 4.90 Å². The van der Waals surface area contributed by atoms with Crippen LogP contribution in [0.2, 0.25) is 0 Å². The van der Waals surface area contributed by atoms with Gasteiger partial charge in [0.2, 0.25) is 0 Å². The maximum atomic E-state index is 8.48. The van der Waals surface area contributed by atoms with Gasteiger partial charge in [0.05, 0.1) is 6.07 Å². The van der Waals surface area contributed by atoms with E-state index >= 15 is 0 Å². The van der Waals surface area contributed by atoms with Gasteiger partial charge in [-0.3, -0.25) is 0 Å². The Hall–Kier alpha value is -0.810. The monoisotopic (exact) mass is 192 g/mol. The first-order valence-corrected chi connectivity index (χ1v) is 5.60. The minimum Gasteiger partial charge on any atom is -0.300 e. The average molecular weight is 192 g/mol. The van der Waals surface area contributed by atoms with E-state index in [4.69, 9.17) is 5.26 Å². The van der Waals surface area contributed by atoms with Crippen LogP contribution in [0.1, 0.15) is 38.5 Å². The second-order valence-electron chi connectivity index (χ2n) is 3.97. The molecule has 0 N–H and O–H groups in total. The maximum absolute atomic E-state index is 8.48. The normalized spacial score (nSPS) is 22.9. The number of likely N-dealkylation sites (tertiary alicyclic amines) is 1. The topological polar surface area (TPSA) is 27.0 Å². The van der Waals surface area contributed by atoms with E-state index in [1.165, 1.54) is 25.8 Å². The van der Waals surface area contributed by atoms with Gasteiger partial charge in [-0.1, -0.05) is 12.5 Å². The molecule has 1 saturated heterocycles. The minimum atomic E-state index is 0.692. The summed E-state index contributed by atoms with van der Waals surface area (Å²) in [5.74, 6) is 0. The highest BCUT2D eigenvalue weighted by atomic mass is 15.2. The van der Waals surface area contributed by atoms with Crippen molar-refractivity contribution in [3.63, 3.8) is 0 Å². The molecule has 0 spiro atoms. The van der Waals surface area contributed by atoms with Crippen molar-refractivity contribution in [1.82, 2.24) is 4.90 Å². The van der Waals surface area contributed by atoms with Gasteiger partial charge in [-0.2, -0.15) is 5.26 Å². The van der Waals surface area contributed by atoms with Crippen LogP contribution in [0.4, 0.5) is 0 Å². The van der Waals surface area contributed by atoms with Crippen molar-refractivity contribution in [1.29, 1.82) is 5.26 Å². The molecule has 0 aromatic heterocycles. The Bertz CT molecular complexity index is 205. The van der Waals surface area contributed by atoms with Gasteiger partial charge in [0.25, 0.3) is 0 Å². The molecule has 0 radical (unpaired) electrons. The Morgan fingerprint density at radius 1 is 1.50 bits per heavy atom. The Morgan fingerprint density at radius 3 is 3.07 bits per heavy atom. The Labute approximate surface area is 87.2 Å². The molecule has 0 aliphatic carbocycles. The number of unbranched alkanes of at least 4 members (excludes halogenated alkanes) is 1. The van der Waals surface area contributed by atoms with E-state index < -0.39 is 0 Å². The summed E-state index contributed by atoms with van der Waals surface area (Å²) in [7, 11) is 0. The SMILES string of the molecule is C=CCC1CCCCN1CCCC#N. The predicted octanol–water partition coefficient (Wildman–Crippen LogP) is 2.72. The Balaban J connectivity index is 2.30. The lowest BCUT2D eigenvalue weighted by Gasteiger charge is -2.35. The molecule has 78 valence electrons. The largest absolute Gasteiger partial charge is 0.300 e. The van der Waals surface area contributed by atoms with Crippen LogP contribution < -0.4 is 0 Å². The van der Waals surface area contributed by atoms with Crippen molar-refractivity contribution in [3.8, 4) is 6.07 Å². The van der Waals surface area contributed by atoms with E-state index in [2.05, 4.69) is 17.5 Å². The number of piperidine rings is 1. The van der Waals surface area contributed by atoms with Crippen LogP contribution in [0.3, 0.4) is 0 Å². The van der Waals surface area contributed by atoms with Crippen LogP contribution in [-0.2, 0) is 0 Å². The molecule has 1 fully saturated rings. The third-order valence-electron chi connectivity index (χ3n) is 2.92. The van der Waals surface area contributed by atoms with Crippen molar-refractivity contribution >= 4 is 0 Å². The van der Waals surface area contributed by atoms with E-state index in [-0.39, 0.29) is 0 Å². The highest BCUT2D eigenvalue weighted by molar-refractivity contribution is 4.84. The number of rotatable bonds is 5. The van der Waals surface area contributed by atoms with Gasteiger partial charge in [0.1, 0.15) is 0 Å². The number of hydrogen-bond acceptors (Lipinski definition) is 2. The van der Waals surface area contributed by atoms with Crippen molar-refractivity contribution in [2.75, 3.05) is 13.1 Å².